The highest BCUT2D eigenvalue weighted by atomic mass is 16.1. The molecule has 3 heteroatoms. The van der Waals surface area contributed by atoms with Gasteiger partial charge in [-0.3, -0.25) is 0 Å². The van der Waals surface area contributed by atoms with E-state index in [-0.39, 0.29) is 0 Å². The summed E-state index contributed by atoms with van der Waals surface area (Å²) in [7, 11) is 2.02. The maximum absolute atomic E-state index is 9.98. The highest BCUT2D eigenvalue weighted by Gasteiger charge is 1.96. The Morgan fingerprint density at radius 1 is 0.852 bits per heavy atom. The van der Waals surface area contributed by atoms with E-state index in [0.29, 0.717) is 6.42 Å². The normalized spacial score (nSPS) is 10.1. The maximum Gasteiger partial charge on any atom is 0.120 e. The molecule has 0 aliphatic carbocycles. The van der Waals surface area contributed by atoms with Crippen molar-refractivity contribution >= 4 is 6.29 Å². The van der Waals surface area contributed by atoms with Crippen LogP contribution < -0.4 is 10.6 Å². The van der Waals surface area contributed by atoms with Gasteiger partial charge in [0.05, 0.1) is 0 Å². The van der Waals surface area contributed by atoms with Crippen molar-refractivity contribution in [3.63, 3.8) is 0 Å². The van der Waals surface area contributed by atoms with Crippen molar-refractivity contribution in [2.24, 2.45) is 0 Å². The first-order chi connectivity index (χ1) is 13.3. The van der Waals surface area contributed by atoms with Crippen molar-refractivity contribution in [2.75, 3.05) is 20.1 Å². The summed E-state index contributed by atoms with van der Waals surface area (Å²) < 4.78 is 0. The Bertz CT molecular complexity index is 598. The molecular weight excluding hydrogens is 332 g/mol. The van der Waals surface area contributed by atoms with Gasteiger partial charge in [-0.25, -0.2) is 0 Å². The van der Waals surface area contributed by atoms with Crippen molar-refractivity contribution in [2.45, 2.75) is 52.0 Å². The minimum atomic E-state index is 0.629. The summed E-state index contributed by atoms with van der Waals surface area (Å²) in [6.07, 6.45) is 7.71. The van der Waals surface area contributed by atoms with Crippen molar-refractivity contribution in [3.8, 4) is 0 Å². The fourth-order valence-corrected chi connectivity index (χ4v) is 2.81. The van der Waals surface area contributed by atoms with Gasteiger partial charge < -0.3 is 15.4 Å². The molecule has 2 aromatic carbocycles. The number of hydrogen-bond donors (Lipinski definition) is 2. The second kappa shape index (κ2) is 16.2. The number of carbonyl (C=O) groups is 1. The molecule has 0 unspecified atom stereocenters. The zero-order valence-electron chi connectivity index (χ0n) is 17.0. The lowest BCUT2D eigenvalue weighted by Crippen LogP contribution is -2.15. The molecule has 27 heavy (non-hydrogen) atoms. The SMILES string of the molecule is CNCCCCCCNCc1ccccc1C.O=CCCc1ccccc1. The summed E-state index contributed by atoms with van der Waals surface area (Å²) in [5, 5.41) is 6.70. The van der Waals surface area contributed by atoms with E-state index in [4.69, 9.17) is 0 Å². The van der Waals surface area contributed by atoms with Gasteiger partial charge in [0.25, 0.3) is 0 Å². The van der Waals surface area contributed by atoms with Gasteiger partial charge in [0.1, 0.15) is 6.29 Å². The predicted octanol–water partition coefficient (Wildman–Crippen LogP) is 4.68. The number of rotatable bonds is 12. The molecular formula is C24H36N2O. The third-order valence-electron chi connectivity index (χ3n) is 4.50. The summed E-state index contributed by atoms with van der Waals surface area (Å²) in [5.74, 6) is 0. The fraction of sp³-hybridized carbons (Fsp3) is 0.458. The number of aldehydes is 1. The average molecular weight is 369 g/mol. The minimum Gasteiger partial charge on any atom is -0.320 e. The minimum absolute atomic E-state index is 0.629. The Morgan fingerprint density at radius 2 is 1.52 bits per heavy atom. The van der Waals surface area contributed by atoms with Crippen LogP contribution in [0.25, 0.3) is 0 Å². The second-order valence-corrected chi connectivity index (χ2v) is 6.81. The first-order valence-corrected chi connectivity index (χ1v) is 10.1. The molecule has 148 valence electrons. The van der Waals surface area contributed by atoms with E-state index in [9.17, 15) is 4.79 Å². The molecule has 0 radical (unpaired) electrons. The number of aryl methyl sites for hydroxylation is 2. The molecule has 0 atom stereocenters. The molecule has 0 saturated heterocycles. The predicted molar refractivity (Wildman–Crippen MR) is 116 cm³/mol. The van der Waals surface area contributed by atoms with Gasteiger partial charge in [0.2, 0.25) is 0 Å². The quantitative estimate of drug-likeness (QED) is 0.422. The molecule has 2 aromatic rings. The lowest BCUT2D eigenvalue weighted by molar-refractivity contribution is -0.107. The number of nitrogens with one attached hydrogen (secondary N) is 2. The van der Waals surface area contributed by atoms with Gasteiger partial charge >= 0.3 is 0 Å². The topological polar surface area (TPSA) is 41.1 Å². The number of benzene rings is 2. The van der Waals surface area contributed by atoms with Gasteiger partial charge in [-0.15, -0.1) is 0 Å². The monoisotopic (exact) mass is 368 g/mol. The zero-order valence-corrected chi connectivity index (χ0v) is 17.0. The molecule has 0 heterocycles. The van der Waals surface area contributed by atoms with E-state index in [1.807, 2.05) is 37.4 Å². The van der Waals surface area contributed by atoms with Crippen LogP contribution in [0.1, 0.15) is 48.8 Å². The van der Waals surface area contributed by atoms with E-state index < -0.39 is 0 Å². The molecule has 0 fully saturated rings. The molecule has 0 aliphatic rings. The third kappa shape index (κ3) is 12.1. The van der Waals surface area contributed by atoms with Gasteiger partial charge in [0.15, 0.2) is 0 Å². The lowest BCUT2D eigenvalue weighted by Gasteiger charge is -2.07. The molecule has 0 aliphatic heterocycles. The van der Waals surface area contributed by atoms with Gasteiger partial charge in [-0.1, -0.05) is 67.4 Å². The van der Waals surface area contributed by atoms with E-state index >= 15 is 0 Å². The Balaban J connectivity index is 0.000000309. The van der Waals surface area contributed by atoms with Crippen LogP contribution in [0.3, 0.4) is 0 Å². The highest BCUT2D eigenvalue weighted by Crippen LogP contribution is 2.06. The number of unbranched alkanes of at least 4 members (excludes halogenated alkanes) is 3. The van der Waals surface area contributed by atoms with Gasteiger partial charge in [-0.2, -0.15) is 0 Å². The molecule has 0 amide bonds. The van der Waals surface area contributed by atoms with Gasteiger partial charge in [0, 0.05) is 13.0 Å². The largest absolute Gasteiger partial charge is 0.320 e. The first-order valence-electron chi connectivity index (χ1n) is 10.1. The van der Waals surface area contributed by atoms with Crippen LogP contribution >= 0.6 is 0 Å². The molecule has 0 spiro atoms. The number of carbonyl (C=O) groups excluding carboxylic acids is 1. The Hall–Kier alpha value is -1.97. The zero-order chi connectivity index (χ0) is 19.6. The first kappa shape index (κ1) is 23.1. The summed E-state index contributed by atoms with van der Waals surface area (Å²) in [5.41, 5.74) is 4.03. The molecule has 0 aromatic heterocycles. The van der Waals surface area contributed by atoms with Crippen molar-refractivity contribution in [1.82, 2.24) is 10.6 Å². The van der Waals surface area contributed by atoms with E-state index in [1.54, 1.807) is 0 Å². The summed E-state index contributed by atoms with van der Waals surface area (Å²) >= 11 is 0. The maximum atomic E-state index is 9.98. The van der Waals surface area contributed by atoms with Crippen LogP contribution in [0.2, 0.25) is 0 Å². The van der Waals surface area contributed by atoms with Crippen molar-refractivity contribution in [3.05, 3.63) is 71.3 Å². The lowest BCUT2D eigenvalue weighted by atomic mass is 10.1. The molecule has 0 bridgehead atoms. The average Bonchev–Trinajstić information content (AvgIpc) is 2.71. The molecule has 3 nitrogen and oxygen atoms in total. The van der Waals surface area contributed by atoms with Crippen molar-refractivity contribution in [1.29, 1.82) is 0 Å². The summed E-state index contributed by atoms with van der Waals surface area (Å²) in [6, 6.07) is 18.6. The Kier molecular flexibility index (Phi) is 13.9. The second-order valence-electron chi connectivity index (χ2n) is 6.81. The van der Waals surface area contributed by atoms with Crippen LogP contribution in [-0.2, 0) is 17.8 Å². The smallest absolute Gasteiger partial charge is 0.120 e. The standard InChI is InChI=1S/C15H26N2.C9H10O/c1-14-9-5-6-10-15(14)13-17-12-8-4-3-7-11-16-2;10-8-4-7-9-5-2-1-3-6-9/h5-6,9-10,16-17H,3-4,7-8,11-13H2,1-2H3;1-3,5-6,8H,4,7H2. The van der Waals surface area contributed by atoms with Crippen LogP contribution in [0.4, 0.5) is 0 Å². The molecule has 2 rings (SSSR count). The van der Waals surface area contributed by atoms with E-state index in [2.05, 4.69) is 41.8 Å². The fourth-order valence-electron chi connectivity index (χ4n) is 2.81. The van der Waals surface area contributed by atoms with Gasteiger partial charge in [-0.05, 0) is 63.0 Å². The van der Waals surface area contributed by atoms with Crippen molar-refractivity contribution < 1.29 is 4.79 Å². The Labute approximate surface area is 165 Å². The van der Waals surface area contributed by atoms with Crippen LogP contribution in [0, 0.1) is 6.92 Å². The van der Waals surface area contributed by atoms with E-state index in [0.717, 1.165) is 32.3 Å². The van der Waals surface area contributed by atoms with Crippen LogP contribution in [-0.4, -0.2) is 26.4 Å². The number of hydrogen-bond acceptors (Lipinski definition) is 3. The Morgan fingerprint density at radius 3 is 2.19 bits per heavy atom. The summed E-state index contributed by atoms with van der Waals surface area (Å²) in [4.78, 5) is 9.98. The van der Waals surface area contributed by atoms with Crippen LogP contribution in [0.5, 0.6) is 0 Å². The van der Waals surface area contributed by atoms with Crippen LogP contribution in [0.15, 0.2) is 54.6 Å². The molecule has 2 N–H and O–H groups in total. The summed E-state index contributed by atoms with van der Waals surface area (Å²) in [6.45, 7) is 5.46. The van der Waals surface area contributed by atoms with E-state index in [1.165, 1.54) is 42.4 Å². The molecule has 0 saturated carbocycles. The highest BCUT2D eigenvalue weighted by molar-refractivity contribution is 5.49. The third-order valence-corrected chi connectivity index (χ3v) is 4.50.